The Labute approximate surface area is 155 Å². The number of fused-ring (bicyclic) bond motifs is 1. The van der Waals surface area contributed by atoms with Gasteiger partial charge in [0, 0.05) is 22.5 Å². The van der Waals surface area contributed by atoms with Crippen molar-refractivity contribution in [3.63, 3.8) is 0 Å². The van der Waals surface area contributed by atoms with Crippen molar-refractivity contribution in [2.75, 3.05) is 5.32 Å². The minimum absolute atomic E-state index is 0.231. The van der Waals surface area contributed by atoms with Gasteiger partial charge in [-0.2, -0.15) is 0 Å². The first-order chi connectivity index (χ1) is 11.4. The first-order valence-corrected chi connectivity index (χ1v) is 8.61. The van der Waals surface area contributed by atoms with Gasteiger partial charge in [0.05, 0.1) is 15.7 Å². The second-order valence-electron chi connectivity index (χ2n) is 5.43. The quantitative estimate of drug-likeness (QED) is 0.577. The Kier molecular flexibility index (Phi) is 4.77. The maximum atomic E-state index is 12.9. The number of rotatable bonds is 3. The van der Waals surface area contributed by atoms with E-state index in [0.29, 0.717) is 33.0 Å². The van der Waals surface area contributed by atoms with E-state index in [1.165, 1.54) is 0 Å². The molecule has 1 aromatic heterocycles. The largest absolute Gasteiger partial charge is 0.337 e. The van der Waals surface area contributed by atoms with E-state index < -0.39 is 0 Å². The van der Waals surface area contributed by atoms with Crippen molar-refractivity contribution in [1.29, 1.82) is 0 Å². The predicted molar refractivity (Wildman–Crippen MR) is 102 cm³/mol. The lowest BCUT2D eigenvalue weighted by atomic mass is 10.1. The Hall–Kier alpha value is -1.68. The first kappa shape index (κ1) is 17.2. The lowest BCUT2D eigenvalue weighted by molar-refractivity contribution is 0.101. The molecule has 6 heteroatoms. The highest BCUT2D eigenvalue weighted by Crippen LogP contribution is 2.32. The number of carbonyl (C=O) groups is 1. The van der Waals surface area contributed by atoms with Gasteiger partial charge in [-0.1, -0.05) is 40.9 Å². The molecule has 0 fully saturated rings. The first-order valence-electron chi connectivity index (χ1n) is 7.47. The van der Waals surface area contributed by atoms with Crippen LogP contribution in [0.1, 0.15) is 23.0 Å². The molecule has 1 amide bonds. The van der Waals surface area contributed by atoms with Gasteiger partial charge in [0.15, 0.2) is 0 Å². The van der Waals surface area contributed by atoms with Crippen LogP contribution in [0, 0.1) is 6.92 Å². The zero-order valence-electron chi connectivity index (χ0n) is 13.2. The molecule has 0 spiro atoms. The summed E-state index contributed by atoms with van der Waals surface area (Å²) in [6, 6.07) is 10.8. The monoisotopic (exact) mass is 380 g/mol. The molecule has 0 saturated heterocycles. The zero-order valence-corrected chi connectivity index (χ0v) is 15.4. The van der Waals surface area contributed by atoms with Crippen LogP contribution >= 0.6 is 34.8 Å². The van der Waals surface area contributed by atoms with Crippen molar-refractivity contribution in [3.8, 4) is 0 Å². The van der Waals surface area contributed by atoms with Crippen LogP contribution in [0.3, 0.4) is 0 Å². The number of benzene rings is 2. The smallest absolute Gasteiger partial charge is 0.272 e. The van der Waals surface area contributed by atoms with Crippen molar-refractivity contribution >= 4 is 57.3 Å². The second-order valence-corrected chi connectivity index (χ2v) is 6.66. The highest BCUT2D eigenvalue weighted by molar-refractivity contribution is 6.44. The van der Waals surface area contributed by atoms with Crippen molar-refractivity contribution in [3.05, 3.63) is 62.7 Å². The Balaban J connectivity index is 2.10. The lowest BCUT2D eigenvalue weighted by Crippen LogP contribution is -2.18. The number of amides is 1. The summed E-state index contributed by atoms with van der Waals surface area (Å²) in [5, 5.41) is 5.18. The highest BCUT2D eigenvalue weighted by atomic mass is 35.5. The number of hydrogen-bond donors (Lipinski definition) is 1. The molecule has 3 aromatic rings. The van der Waals surface area contributed by atoms with Crippen LogP contribution < -0.4 is 5.32 Å². The lowest BCUT2D eigenvalue weighted by Gasteiger charge is -2.11. The summed E-state index contributed by atoms with van der Waals surface area (Å²) in [7, 11) is 0. The van der Waals surface area contributed by atoms with Crippen molar-refractivity contribution in [2.45, 2.75) is 20.4 Å². The molecular weight excluding hydrogens is 367 g/mol. The van der Waals surface area contributed by atoms with E-state index in [9.17, 15) is 4.79 Å². The maximum absolute atomic E-state index is 12.9. The number of anilines is 1. The van der Waals surface area contributed by atoms with Crippen LogP contribution in [0.4, 0.5) is 5.69 Å². The summed E-state index contributed by atoms with van der Waals surface area (Å²) in [5.74, 6) is -0.231. The fourth-order valence-corrected chi connectivity index (χ4v) is 3.42. The molecule has 24 heavy (non-hydrogen) atoms. The third kappa shape index (κ3) is 2.88. The summed E-state index contributed by atoms with van der Waals surface area (Å²) in [6.07, 6.45) is 0. The van der Waals surface area contributed by atoms with E-state index in [1.807, 2.05) is 36.6 Å². The van der Waals surface area contributed by atoms with Gasteiger partial charge >= 0.3 is 0 Å². The summed E-state index contributed by atoms with van der Waals surface area (Å²) in [6.45, 7) is 4.58. The number of halogens is 3. The number of aryl methyl sites for hydroxylation is 2. The predicted octanol–water partition coefficient (Wildman–Crippen LogP) is 6.18. The number of aromatic nitrogens is 1. The molecule has 0 radical (unpaired) electrons. The van der Waals surface area contributed by atoms with E-state index in [0.717, 1.165) is 16.5 Å². The van der Waals surface area contributed by atoms with Gasteiger partial charge in [0.25, 0.3) is 5.91 Å². The van der Waals surface area contributed by atoms with E-state index in [2.05, 4.69) is 5.32 Å². The highest BCUT2D eigenvalue weighted by Gasteiger charge is 2.20. The van der Waals surface area contributed by atoms with Crippen LogP contribution in [0.2, 0.25) is 15.1 Å². The average molecular weight is 382 g/mol. The van der Waals surface area contributed by atoms with E-state index in [4.69, 9.17) is 34.8 Å². The second kappa shape index (κ2) is 6.67. The SMILES string of the molecule is CCn1c(C(=O)Nc2cccc(Cl)c2Cl)c(C)c2cc(Cl)ccc21. The van der Waals surface area contributed by atoms with E-state index in [-0.39, 0.29) is 5.91 Å². The molecule has 3 nitrogen and oxygen atoms in total. The number of hydrogen-bond acceptors (Lipinski definition) is 1. The Morgan fingerprint density at radius 2 is 1.92 bits per heavy atom. The van der Waals surface area contributed by atoms with Gasteiger partial charge in [0.1, 0.15) is 5.69 Å². The van der Waals surface area contributed by atoms with Gasteiger partial charge in [-0.3, -0.25) is 4.79 Å². The summed E-state index contributed by atoms with van der Waals surface area (Å²) in [5.41, 5.74) is 2.93. The van der Waals surface area contributed by atoms with E-state index in [1.54, 1.807) is 18.2 Å². The van der Waals surface area contributed by atoms with Crippen molar-refractivity contribution in [2.24, 2.45) is 0 Å². The molecular formula is C18H15Cl3N2O. The van der Waals surface area contributed by atoms with Gasteiger partial charge in [0.2, 0.25) is 0 Å². The molecule has 0 bridgehead atoms. The minimum Gasteiger partial charge on any atom is -0.337 e. The molecule has 0 atom stereocenters. The number of carbonyl (C=O) groups excluding carboxylic acids is 1. The Morgan fingerprint density at radius 1 is 1.17 bits per heavy atom. The molecule has 0 saturated carbocycles. The van der Waals surface area contributed by atoms with E-state index >= 15 is 0 Å². The van der Waals surface area contributed by atoms with Crippen LogP contribution in [-0.4, -0.2) is 10.5 Å². The van der Waals surface area contributed by atoms with Gasteiger partial charge in [-0.25, -0.2) is 0 Å². The third-order valence-corrected chi connectivity index (χ3v) is 5.06. The molecule has 2 aromatic carbocycles. The summed E-state index contributed by atoms with van der Waals surface area (Å²) >= 11 is 18.3. The molecule has 1 N–H and O–H groups in total. The molecule has 0 aliphatic carbocycles. The zero-order chi connectivity index (χ0) is 17.4. The van der Waals surface area contributed by atoms with Crippen LogP contribution in [-0.2, 0) is 6.54 Å². The number of nitrogens with one attached hydrogen (secondary N) is 1. The fourth-order valence-electron chi connectivity index (χ4n) is 2.90. The van der Waals surface area contributed by atoms with Crippen LogP contribution in [0.5, 0.6) is 0 Å². The Morgan fingerprint density at radius 3 is 2.62 bits per heavy atom. The van der Waals surface area contributed by atoms with Crippen molar-refractivity contribution < 1.29 is 4.79 Å². The standard InChI is InChI=1S/C18H15Cl3N2O/c1-3-23-15-8-7-11(19)9-12(15)10(2)17(23)18(24)22-14-6-4-5-13(20)16(14)21/h4-9H,3H2,1-2H3,(H,22,24). The Bertz CT molecular complexity index is 947. The van der Waals surface area contributed by atoms with Crippen molar-refractivity contribution in [1.82, 2.24) is 4.57 Å². The topological polar surface area (TPSA) is 34.0 Å². The van der Waals surface area contributed by atoms with Gasteiger partial charge in [-0.05, 0) is 49.7 Å². The van der Waals surface area contributed by atoms with Gasteiger partial charge < -0.3 is 9.88 Å². The molecule has 124 valence electrons. The molecule has 0 aliphatic rings. The van der Waals surface area contributed by atoms with Crippen LogP contribution in [0.15, 0.2) is 36.4 Å². The van der Waals surface area contributed by atoms with Gasteiger partial charge in [-0.15, -0.1) is 0 Å². The normalized spacial score (nSPS) is 11.0. The molecule has 3 rings (SSSR count). The fraction of sp³-hybridized carbons (Fsp3) is 0.167. The minimum atomic E-state index is -0.231. The third-order valence-electron chi connectivity index (χ3n) is 4.01. The summed E-state index contributed by atoms with van der Waals surface area (Å²) in [4.78, 5) is 12.9. The molecule has 1 heterocycles. The maximum Gasteiger partial charge on any atom is 0.272 e. The molecule has 0 unspecified atom stereocenters. The van der Waals surface area contributed by atoms with Crippen LogP contribution in [0.25, 0.3) is 10.9 Å². The molecule has 0 aliphatic heterocycles. The number of nitrogens with zero attached hydrogens (tertiary/aromatic N) is 1. The summed E-state index contributed by atoms with van der Waals surface area (Å²) < 4.78 is 1.97. The average Bonchev–Trinajstić information content (AvgIpc) is 2.83.